The number of carbonyl (C=O) groups is 2. The number of hydrogen-bond donors (Lipinski definition) is 1. The van der Waals surface area contributed by atoms with Gasteiger partial charge in [-0.2, -0.15) is 13.2 Å². The first kappa shape index (κ1) is 27.7. The van der Waals surface area contributed by atoms with Crippen LogP contribution in [-0.4, -0.2) is 66.3 Å². The third-order valence-electron chi connectivity index (χ3n) is 8.94. The van der Waals surface area contributed by atoms with Crippen LogP contribution >= 0.6 is 0 Å². The van der Waals surface area contributed by atoms with Crippen LogP contribution in [0.4, 0.5) is 24.5 Å². The SMILES string of the molecule is Cc1cc(N2CCC(N3CCC[C@@H]3C)CC2)ccc1N1CCC2(CCCCC2)C1=O.O=C(O)C(F)(F)F. The molecule has 6 nitrogen and oxygen atoms in total. The van der Waals surface area contributed by atoms with Crippen LogP contribution < -0.4 is 9.80 Å². The molecule has 4 fully saturated rings. The lowest BCUT2D eigenvalue weighted by Gasteiger charge is -2.39. The lowest BCUT2D eigenvalue weighted by molar-refractivity contribution is -0.192. The number of alkyl halides is 3. The second kappa shape index (κ2) is 11.2. The molecule has 1 atom stereocenters. The molecule has 1 aromatic carbocycles. The van der Waals surface area contributed by atoms with Crippen molar-refractivity contribution in [2.45, 2.75) is 96.3 Å². The molecule has 5 rings (SSSR count). The number of amides is 1. The number of aryl methyl sites for hydroxylation is 1. The zero-order valence-corrected chi connectivity index (χ0v) is 22.0. The normalized spacial score (nSPS) is 24.9. The molecular weight excluding hydrogens is 483 g/mol. The quantitative estimate of drug-likeness (QED) is 0.545. The highest BCUT2D eigenvalue weighted by molar-refractivity contribution is 6.00. The number of hydrogen-bond acceptors (Lipinski definition) is 4. The van der Waals surface area contributed by atoms with Crippen LogP contribution in [-0.2, 0) is 9.59 Å². The molecule has 3 saturated heterocycles. The first-order valence-electron chi connectivity index (χ1n) is 13.8. The van der Waals surface area contributed by atoms with Gasteiger partial charge in [0, 0.05) is 43.1 Å². The molecule has 3 heterocycles. The van der Waals surface area contributed by atoms with E-state index in [1.807, 2.05) is 0 Å². The number of halogens is 3. The van der Waals surface area contributed by atoms with Crippen molar-refractivity contribution in [2.75, 3.05) is 36.0 Å². The lowest BCUT2D eigenvalue weighted by Crippen LogP contribution is -2.46. The first-order valence-corrected chi connectivity index (χ1v) is 13.8. The number of likely N-dealkylation sites (tertiary alicyclic amines) is 1. The van der Waals surface area contributed by atoms with Crippen molar-refractivity contribution in [3.8, 4) is 0 Å². The predicted octanol–water partition coefficient (Wildman–Crippen LogP) is 5.77. The zero-order chi connectivity index (χ0) is 26.8. The van der Waals surface area contributed by atoms with Crippen LogP contribution in [0.15, 0.2) is 18.2 Å². The number of carboxylic acids is 1. The molecule has 0 bridgehead atoms. The summed E-state index contributed by atoms with van der Waals surface area (Å²) in [6.07, 6.45) is 7.22. The van der Waals surface area contributed by atoms with Gasteiger partial charge >= 0.3 is 12.1 Å². The second-order valence-corrected chi connectivity index (χ2v) is 11.3. The van der Waals surface area contributed by atoms with Gasteiger partial charge < -0.3 is 14.9 Å². The summed E-state index contributed by atoms with van der Waals surface area (Å²) in [5, 5.41) is 7.12. The van der Waals surface area contributed by atoms with Crippen molar-refractivity contribution in [3.05, 3.63) is 23.8 Å². The van der Waals surface area contributed by atoms with Gasteiger partial charge in [0.2, 0.25) is 5.91 Å². The van der Waals surface area contributed by atoms with Crippen LogP contribution in [0.1, 0.15) is 76.7 Å². The number of benzene rings is 1. The number of nitrogens with zero attached hydrogens (tertiary/aromatic N) is 3. The Labute approximate surface area is 217 Å². The topological polar surface area (TPSA) is 64.1 Å². The third-order valence-corrected chi connectivity index (χ3v) is 8.94. The van der Waals surface area contributed by atoms with Crippen LogP contribution in [0.2, 0.25) is 0 Å². The van der Waals surface area contributed by atoms with Crippen molar-refractivity contribution in [1.29, 1.82) is 0 Å². The van der Waals surface area contributed by atoms with Crippen LogP contribution in [0.3, 0.4) is 0 Å². The molecule has 9 heteroatoms. The van der Waals surface area contributed by atoms with Gasteiger partial charge in [0.05, 0.1) is 5.41 Å². The molecule has 1 N–H and O–H groups in total. The Hall–Kier alpha value is -2.29. The monoisotopic (exact) mass is 523 g/mol. The Morgan fingerprint density at radius 3 is 2.16 bits per heavy atom. The highest BCUT2D eigenvalue weighted by Gasteiger charge is 2.47. The molecule has 1 aliphatic carbocycles. The molecule has 0 unspecified atom stereocenters. The molecule has 0 aromatic heterocycles. The summed E-state index contributed by atoms with van der Waals surface area (Å²) < 4.78 is 31.7. The highest BCUT2D eigenvalue weighted by Crippen LogP contribution is 2.46. The van der Waals surface area contributed by atoms with Crippen LogP contribution in [0.25, 0.3) is 0 Å². The number of carboxylic acid groups (broad SMARTS) is 1. The Morgan fingerprint density at radius 2 is 1.62 bits per heavy atom. The fourth-order valence-electron chi connectivity index (χ4n) is 6.84. The average Bonchev–Trinajstić information content (AvgIpc) is 3.43. The van der Waals surface area contributed by atoms with Crippen molar-refractivity contribution in [3.63, 3.8) is 0 Å². The molecule has 206 valence electrons. The fraction of sp³-hybridized carbons (Fsp3) is 0.714. The smallest absolute Gasteiger partial charge is 0.475 e. The van der Waals surface area contributed by atoms with E-state index >= 15 is 0 Å². The van der Waals surface area contributed by atoms with Crippen LogP contribution in [0.5, 0.6) is 0 Å². The van der Waals surface area contributed by atoms with Gasteiger partial charge in [-0.1, -0.05) is 19.3 Å². The minimum atomic E-state index is -5.08. The standard InChI is InChI=1S/C26H39N3O.C2HF3O2/c1-20-19-23(27-16-10-22(11-17-27)28-15-6-7-21(28)2)8-9-24(20)29-18-14-26(25(29)30)12-4-3-5-13-26;3-2(4,5)1(6)7/h8-9,19,21-22H,3-7,10-18H2,1-2H3;(H,6,7)/t21-;/m0./s1. The summed E-state index contributed by atoms with van der Waals surface area (Å²) in [6, 6.07) is 8.36. The van der Waals surface area contributed by atoms with E-state index in [9.17, 15) is 18.0 Å². The van der Waals surface area contributed by atoms with Gasteiger partial charge in [-0.15, -0.1) is 0 Å². The van der Waals surface area contributed by atoms with E-state index in [2.05, 4.69) is 46.7 Å². The Bertz CT molecular complexity index is 969. The Kier molecular flexibility index (Phi) is 8.41. The second-order valence-electron chi connectivity index (χ2n) is 11.3. The molecule has 3 aliphatic heterocycles. The van der Waals surface area contributed by atoms with E-state index in [0.717, 1.165) is 56.7 Å². The molecule has 37 heavy (non-hydrogen) atoms. The van der Waals surface area contributed by atoms with Gasteiger partial charge in [0.25, 0.3) is 0 Å². The van der Waals surface area contributed by atoms with Gasteiger partial charge in [-0.25, -0.2) is 4.79 Å². The zero-order valence-electron chi connectivity index (χ0n) is 22.0. The van der Waals surface area contributed by atoms with E-state index in [0.29, 0.717) is 5.91 Å². The molecule has 0 radical (unpaired) electrons. The minimum absolute atomic E-state index is 0.0437. The summed E-state index contributed by atoms with van der Waals surface area (Å²) in [6.45, 7) is 9.09. The van der Waals surface area contributed by atoms with E-state index in [1.54, 1.807) is 0 Å². The summed E-state index contributed by atoms with van der Waals surface area (Å²) in [4.78, 5) is 29.6. The maximum absolute atomic E-state index is 13.3. The molecule has 4 aliphatic rings. The van der Waals surface area contributed by atoms with Crippen molar-refractivity contribution >= 4 is 23.3 Å². The summed E-state index contributed by atoms with van der Waals surface area (Å²) in [5.41, 5.74) is 3.69. The average molecular weight is 524 g/mol. The molecule has 1 saturated carbocycles. The van der Waals surface area contributed by atoms with E-state index < -0.39 is 12.1 Å². The predicted molar refractivity (Wildman–Crippen MR) is 138 cm³/mol. The van der Waals surface area contributed by atoms with Crippen molar-refractivity contribution in [2.24, 2.45) is 5.41 Å². The molecule has 1 aromatic rings. The lowest BCUT2D eigenvalue weighted by atomic mass is 9.73. The van der Waals surface area contributed by atoms with Gasteiger partial charge in [0.15, 0.2) is 0 Å². The Morgan fingerprint density at radius 1 is 0.973 bits per heavy atom. The van der Waals surface area contributed by atoms with Crippen molar-refractivity contribution in [1.82, 2.24) is 4.90 Å². The number of piperidine rings is 1. The number of carbonyl (C=O) groups excluding carboxylic acids is 1. The van der Waals surface area contributed by atoms with E-state index in [-0.39, 0.29) is 5.41 Å². The number of anilines is 2. The summed E-state index contributed by atoms with van der Waals surface area (Å²) >= 11 is 0. The largest absolute Gasteiger partial charge is 0.490 e. The van der Waals surface area contributed by atoms with Crippen LogP contribution in [0, 0.1) is 12.3 Å². The van der Waals surface area contributed by atoms with E-state index in [4.69, 9.17) is 9.90 Å². The third kappa shape index (κ3) is 6.07. The molecular formula is C28H40F3N3O3. The van der Waals surface area contributed by atoms with Gasteiger partial charge in [-0.05, 0) is 89.1 Å². The van der Waals surface area contributed by atoms with Gasteiger partial charge in [-0.3, -0.25) is 9.69 Å². The van der Waals surface area contributed by atoms with Crippen molar-refractivity contribution < 1.29 is 27.9 Å². The number of aliphatic carboxylic acids is 1. The molecule has 1 amide bonds. The van der Waals surface area contributed by atoms with Gasteiger partial charge in [0.1, 0.15) is 0 Å². The number of rotatable bonds is 3. The molecule has 1 spiro atoms. The fourth-order valence-corrected chi connectivity index (χ4v) is 6.84. The highest BCUT2D eigenvalue weighted by atomic mass is 19.4. The maximum atomic E-state index is 13.3. The Balaban J connectivity index is 0.000000405. The summed E-state index contributed by atoms with van der Waals surface area (Å²) in [7, 11) is 0. The maximum Gasteiger partial charge on any atom is 0.490 e. The minimum Gasteiger partial charge on any atom is -0.475 e. The van der Waals surface area contributed by atoms with E-state index in [1.165, 1.54) is 62.7 Å². The summed E-state index contributed by atoms with van der Waals surface area (Å²) in [5.74, 6) is -2.36. The first-order chi connectivity index (χ1) is 17.5.